The van der Waals surface area contributed by atoms with Gasteiger partial charge >= 0.3 is 0 Å². The summed E-state index contributed by atoms with van der Waals surface area (Å²) >= 11 is 0. The zero-order chi connectivity index (χ0) is 24.1. The number of likely N-dealkylation sites (tertiary alicyclic amines) is 1. The van der Waals surface area contributed by atoms with E-state index in [9.17, 15) is 14.3 Å². The van der Waals surface area contributed by atoms with Crippen molar-refractivity contribution in [3.8, 4) is 5.88 Å². The standard InChI is InChI=1S/C27H35FN4O3/c1-16-3-2-10-29-26(16)35-19-6-4-17(5-7-19)8-12-32-22-14-18-13-20(18)24(22)25(30-32)27(34)31-11-9-23(33)21(28)15-31/h2-3,10,17-21,23,33H,4-9,11-15H2,1H3/t17-,18-,19+,20-,21-,23+/m1/s1. The molecule has 1 amide bonds. The Morgan fingerprint density at radius 2 is 2.09 bits per heavy atom. The molecule has 1 aliphatic heterocycles. The third-order valence-electron chi connectivity index (χ3n) is 8.63. The van der Waals surface area contributed by atoms with Crippen LogP contribution in [0.1, 0.15) is 78.2 Å². The van der Waals surface area contributed by atoms with Crippen molar-refractivity contribution >= 4 is 5.91 Å². The van der Waals surface area contributed by atoms with Crippen LogP contribution in [-0.4, -0.2) is 62.1 Å². The van der Waals surface area contributed by atoms with E-state index in [1.165, 1.54) is 5.69 Å². The van der Waals surface area contributed by atoms with Gasteiger partial charge in [-0.25, -0.2) is 9.37 Å². The number of nitrogens with zero attached hydrogens (tertiary/aromatic N) is 4. The summed E-state index contributed by atoms with van der Waals surface area (Å²) < 4.78 is 22.3. The number of piperidine rings is 1. The van der Waals surface area contributed by atoms with Crippen LogP contribution < -0.4 is 4.74 Å². The van der Waals surface area contributed by atoms with Crippen molar-refractivity contribution in [1.29, 1.82) is 0 Å². The van der Waals surface area contributed by atoms with Gasteiger partial charge in [0.1, 0.15) is 12.3 Å². The minimum absolute atomic E-state index is 0.0426. The Hall–Kier alpha value is -2.48. The topological polar surface area (TPSA) is 80.5 Å². The third-order valence-corrected chi connectivity index (χ3v) is 8.63. The Kier molecular flexibility index (Phi) is 6.03. The number of amides is 1. The second kappa shape index (κ2) is 9.19. The van der Waals surface area contributed by atoms with Crippen LogP contribution in [0.15, 0.2) is 18.3 Å². The number of hydrogen-bond acceptors (Lipinski definition) is 5. The first kappa shape index (κ1) is 23.0. The lowest BCUT2D eigenvalue weighted by molar-refractivity contribution is 0.00794. The fraction of sp³-hybridized carbons (Fsp3) is 0.667. The normalized spacial score (nSPS) is 31.7. The van der Waals surface area contributed by atoms with Gasteiger partial charge in [0, 0.05) is 36.1 Å². The summed E-state index contributed by atoms with van der Waals surface area (Å²) in [6.45, 7) is 3.21. The molecule has 6 rings (SSSR count). The van der Waals surface area contributed by atoms with Crippen molar-refractivity contribution in [2.75, 3.05) is 13.1 Å². The molecular formula is C27H35FN4O3. The fourth-order valence-corrected chi connectivity index (χ4v) is 6.36. The summed E-state index contributed by atoms with van der Waals surface area (Å²) in [5.74, 6) is 2.33. The number of pyridine rings is 1. The number of carbonyl (C=O) groups is 1. The first-order valence-corrected chi connectivity index (χ1v) is 13.3. The van der Waals surface area contributed by atoms with E-state index in [-0.39, 0.29) is 25.0 Å². The Morgan fingerprint density at radius 3 is 2.86 bits per heavy atom. The fourth-order valence-electron chi connectivity index (χ4n) is 6.36. The molecule has 0 aromatic carbocycles. The predicted octanol–water partition coefficient (Wildman–Crippen LogP) is 3.82. The number of hydrogen-bond donors (Lipinski definition) is 1. The van der Waals surface area contributed by atoms with Crippen molar-refractivity contribution < 1.29 is 19.0 Å². The van der Waals surface area contributed by atoms with Gasteiger partial charge in [0.25, 0.3) is 5.91 Å². The molecule has 3 heterocycles. The average Bonchev–Trinajstić information content (AvgIpc) is 3.38. The average molecular weight is 483 g/mol. The second-order valence-corrected chi connectivity index (χ2v) is 11.0. The van der Waals surface area contributed by atoms with Gasteiger partial charge < -0.3 is 14.7 Å². The van der Waals surface area contributed by atoms with E-state index in [4.69, 9.17) is 9.84 Å². The maximum absolute atomic E-state index is 14.1. The Balaban J connectivity index is 1.08. The highest BCUT2D eigenvalue weighted by atomic mass is 19.1. The van der Waals surface area contributed by atoms with Crippen LogP contribution in [0.2, 0.25) is 0 Å². The molecule has 3 aliphatic carbocycles. The molecule has 1 saturated heterocycles. The molecule has 188 valence electrons. The van der Waals surface area contributed by atoms with E-state index in [0.29, 0.717) is 30.0 Å². The van der Waals surface area contributed by atoms with Gasteiger partial charge in [-0.2, -0.15) is 5.10 Å². The Morgan fingerprint density at radius 1 is 1.26 bits per heavy atom. The molecule has 4 atom stereocenters. The van der Waals surface area contributed by atoms with Crippen LogP contribution in [0.4, 0.5) is 4.39 Å². The number of rotatable bonds is 6. The lowest BCUT2D eigenvalue weighted by Crippen LogP contribution is -2.47. The molecule has 2 aromatic rings. The zero-order valence-electron chi connectivity index (χ0n) is 20.4. The molecule has 7 nitrogen and oxygen atoms in total. The van der Waals surface area contributed by atoms with Crippen LogP contribution >= 0.6 is 0 Å². The Labute approximate surface area is 205 Å². The minimum atomic E-state index is -1.38. The van der Waals surface area contributed by atoms with Crippen LogP contribution in [0, 0.1) is 18.8 Å². The molecule has 0 radical (unpaired) electrons. The van der Waals surface area contributed by atoms with Crippen LogP contribution in [-0.2, 0) is 13.0 Å². The summed E-state index contributed by atoms with van der Waals surface area (Å²) in [4.78, 5) is 19.2. The molecule has 2 saturated carbocycles. The SMILES string of the molecule is Cc1cccnc1O[C@H]1CC[C@@H](CCn2nc(C(=O)N3CC[C@H](O)[C@H](F)C3)c3c2C[C@H]2C[C@@H]32)CC1. The van der Waals surface area contributed by atoms with E-state index in [1.807, 2.05) is 19.1 Å². The predicted molar refractivity (Wildman–Crippen MR) is 128 cm³/mol. The number of aliphatic hydroxyl groups is 1. The van der Waals surface area contributed by atoms with Gasteiger partial charge in [0.2, 0.25) is 5.88 Å². The molecule has 8 heteroatoms. The van der Waals surface area contributed by atoms with Crippen LogP contribution in [0.5, 0.6) is 5.88 Å². The molecule has 3 fully saturated rings. The minimum Gasteiger partial charge on any atom is -0.474 e. The maximum atomic E-state index is 14.1. The number of aliphatic hydroxyl groups excluding tert-OH is 1. The number of alkyl halides is 1. The Bertz CT molecular complexity index is 1100. The van der Waals surface area contributed by atoms with Gasteiger partial charge in [-0.3, -0.25) is 9.48 Å². The van der Waals surface area contributed by atoms with E-state index in [2.05, 4.69) is 9.67 Å². The van der Waals surface area contributed by atoms with E-state index < -0.39 is 12.3 Å². The van der Waals surface area contributed by atoms with Crippen molar-refractivity contribution in [2.24, 2.45) is 11.8 Å². The quantitative estimate of drug-likeness (QED) is 0.677. The van der Waals surface area contributed by atoms with Gasteiger partial charge in [0.05, 0.1) is 12.6 Å². The van der Waals surface area contributed by atoms with Crippen LogP contribution in [0.3, 0.4) is 0 Å². The molecule has 2 aromatic heterocycles. The number of aryl methyl sites for hydroxylation is 2. The first-order valence-electron chi connectivity index (χ1n) is 13.3. The second-order valence-electron chi connectivity index (χ2n) is 11.0. The number of halogens is 1. The number of carbonyl (C=O) groups excluding carboxylic acids is 1. The van der Waals surface area contributed by atoms with Crippen molar-refractivity contribution in [2.45, 2.75) is 89.1 Å². The van der Waals surface area contributed by atoms with Crippen molar-refractivity contribution in [3.05, 3.63) is 40.8 Å². The largest absolute Gasteiger partial charge is 0.474 e. The lowest BCUT2D eigenvalue weighted by Gasteiger charge is -2.31. The van der Waals surface area contributed by atoms with Gasteiger partial charge in [-0.05, 0) is 82.1 Å². The van der Waals surface area contributed by atoms with E-state index in [0.717, 1.165) is 68.5 Å². The highest BCUT2D eigenvalue weighted by Crippen LogP contribution is 2.57. The number of aromatic nitrogens is 3. The summed E-state index contributed by atoms with van der Waals surface area (Å²) in [5, 5.41) is 14.5. The van der Waals surface area contributed by atoms with Crippen molar-refractivity contribution in [1.82, 2.24) is 19.7 Å². The molecule has 35 heavy (non-hydrogen) atoms. The molecule has 4 aliphatic rings. The summed E-state index contributed by atoms with van der Waals surface area (Å²) in [5.41, 5.74) is 3.97. The number of ether oxygens (including phenoxy) is 1. The van der Waals surface area contributed by atoms with Crippen LogP contribution in [0.25, 0.3) is 0 Å². The highest BCUT2D eigenvalue weighted by Gasteiger charge is 2.50. The third kappa shape index (κ3) is 4.46. The van der Waals surface area contributed by atoms with E-state index in [1.54, 1.807) is 11.1 Å². The molecule has 1 N–H and O–H groups in total. The highest BCUT2D eigenvalue weighted by molar-refractivity contribution is 5.95. The molecule has 0 bridgehead atoms. The smallest absolute Gasteiger partial charge is 0.274 e. The number of fused-ring (bicyclic) bond motifs is 3. The summed E-state index contributed by atoms with van der Waals surface area (Å²) in [7, 11) is 0. The summed E-state index contributed by atoms with van der Waals surface area (Å²) in [6.07, 6.45) is 7.49. The molecule has 0 unspecified atom stereocenters. The monoisotopic (exact) mass is 482 g/mol. The lowest BCUT2D eigenvalue weighted by atomic mass is 9.85. The van der Waals surface area contributed by atoms with E-state index >= 15 is 0 Å². The van der Waals surface area contributed by atoms with Crippen molar-refractivity contribution in [3.63, 3.8) is 0 Å². The van der Waals surface area contributed by atoms with Gasteiger partial charge in [-0.15, -0.1) is 0 Å². The first-order chi connectivity index (χ1) is 17.0. The molecular weight excluding hydrogens is 447 g/mol. The maximum Gasteiger partial charge on any atom is 0.274 e. The van der Waals surface area contributed by atoms with Gasteiger partial charge in [0.15, 0.2) is 5.69 Å². The molecule has 0 spiro atoms. The summed E-state index contributed by atoms with van der Waals surface area (Å²) in [6, 6.07) is 3.96. The zero-order valence-corrected chi connectivity index (χ0v) is 20.4. The van der Waals surface area contributed by atoms with Gasteiger partial charge in [-0.1, -0.05) is 6.07 Å².